The molecule has 2 aromatic rings. The van der Waals surface area contributed by atoms with Gasteiger partial charge in [-0.2, -0.15) is 0 Å². The van der Waals surface area contributed by atoms with Gasteiger partial charge in [0.1, 0.15) is 10.8 Å². The number of hydrogen-bond acceptors (Lipinski definition) is 4. The van der Waals surface area contributed by atoms with Gasteiger partial charge in [-0.3, -0.25) is 9.59 Å². The molecule has 1 aromatic carbocycles. The van der Waals surface area contributed by atoms with Crippen LogP contribution in [0.4, 0.5) is 5.00 Å². The summed E-state index contributed by atoms with van der Waals surface area (Å²) in [6.45, 7) is 6.36. The minimum absolute atomic E-state index is 0.148. The second kappa shape index (κ2) is 7.97. The van der Waals surface area contributed by atoms with Crippen LogP contribution in [0.3, 0.4) is 0 Å². The average molecular weight is 346 g/mol. The topological polar surface area (TPSA) is 67.4 Å². The van der Waals surface area contributed by atoms with Crippen molar-refractivity contribution < 1.29 is 14.3 Å². The van der Waals surface area contributed by atoms with Gasteiger partial charge in [-0.05, 0) is 44.0 Å². The quantitative estimate of drug-likeness (QED) is 0.843. The lowest BCUT2D eigenvalue weighted by molar-refractivity contribution is -0.115. The number of benzene rings is 1. The van der Waals surface area contributed by atoms with Crippen LogP contribution in [0, 0.1) is 13.8 Å². The van der Waals surface area contributed by atoms with E-state index in [9.17, 15) is 9.59 Å². The molecule has 2 N–H and O–H groups in total. The molecular weight excluding hydrogens is 324 g/mol. The fraction of sp³-hybridized carbons (Fsp3) is 0.333. The molecule has 0 saturated heterocycles. The summed E-state index contributed by atoms with van der Waals surface area (Å²) >= 11 is 1.42. The summed E-state index contributed by atoms with van der Waals surface area (Å²) in [6, 6.07) is 7.44. The first kappa shape index (κ1) is 18.0. The first-order chi connectivity index (χ1) is 11.5. The van der Waals surface area contributed by atoms with Crippen LogP contribution in [0.5, 0.6) is 5.75 Å². The van der Waals surface area contributed by atoms with Gasteiger partial charge in [0.05, 0.1) is 18.6 Å². The molecule has 0 fully saturated rings. The van der Waals surface area contributed by atoms with Gasteiger partial charge in [0.2, 0.25) is 5.91 Å². The predicted molar refractivity (Wildman–Crippen MR) is 97.1 cm³/mol. The minimum Gasteiger partial charge on any atom is -0.494 e. The molecule has 0 radical (unpaired) electrons. The van der Waals surface area contributed by atoms with Crippen molar-refractivity contribution in [2.75, 3.05) is 19.0 Å². The number of anilines is 1. The lowest BCUT2D eigenvalue weighted by Gasteiger charge is -2.08. The largest absolute Gasteiger partial charge is 0.494 e. The normalized spacial score (nSPS) is 10.3. The summed E-state index contributed by atoms with van der Waals surface area (Å²) in [5, 5.41) is 6.08. The van der Waals surface area contributed by atoms with Crippen LogP contribution in [-0.2, 0) is 11.2 Å². The third-order valence-corrected chi connectivity index (χ3v) is 4.81. The summed E-state index contributed by atoms with van der Waals surface area (Å²) in [4.78, 5) is 25.4. The van der Waals surface area contributed by atoms with E-state index >= 15 is 0 Å². The summed E-state index contributed by atoms with van der Waals surface area (Å²) < 4.78 is 5.39. The van der Waals surface area contributed by atoms with Crippen LogP contribution in [0.15, 0.2) is 24.3 Å². The molecule has 1 aromatic heterocycles. The predicted octanol–water partition coefficient (Wildman–Crippen LogP) is 3.30. The molecule has 6 heteroatoms. The maximum absolute atomic E-state index is 12.3. The molecule has 0 unspecified atom stereocenters. The van der Waals surface area contributed by atoms with E-state index < -0.39 is 0 Å². The molecule has 0 spiro atoms. The third-order valence-electron chi connectivity index (χ3n) is 3.69. The number of carbonyl (C=O) groups excluding carboxylic acids is 2. The summed E-state index contributed by atoms with van der Waals surface area (Å²) in [7, 11) is 1.58. The number of thiophene rings is 1. The fourth-order valence-corrected chi connectivity index (χ4v) is 3.41. The standard InChI is InChI=1S/C18H22N2O3S/c1-5-23-14-8-6-13(7-9-14)10-15(21)20-18-16(17(22)19-4)11(2)12(3)24-18/h6-9H,5,10H2,1-4H3,(H,19,22)(H,20,21). The second-order valence-corrected chi connectivity index (χ2v) is 6.59. The highest BCUT2D eigenvalue weighted by atomic mass is 32.1. The van der Waals surface area contributed by atoms with E-state index in [1.54, 1.807) is 7.05 Å². The summed E-state index contributed by atoms with van der Waals surface area (Å²) in [6.07, 6.45) is 0.246. The number of aryl methyl sites for hydroxylation is 1. The Labute approximate surface area is 146 Å². The third kappa shape index (κ3) is 4.14. The van der Waals surface area contributed by atoms with Crippen molar-refractivity contribution in [3.05, 3.63) is 45.8 Å². The summed E-state index contributed by atoms with van der Waals surface area (Å²) in [5.74, 6) is 0.451. The van der Waals surface area contributed by atoms with Crippen LogP contribution >= 0.6 is 11.3 Å². The Morgan fingerprint density at radius 1 is 1.17 bits per heavy atom. The smallest absolute Gasteiger partial charge is 0.254 e. The van der Waals surface area contributed by atoms with Gasteiger partial charge in [-0.1, -0.05) is 12.1 Å². The van der Waals surface area contributed by atoms with E-state index in [2.05, 4.69) is 10.6 Å². The molecule has 0 aliphatic heterocycles. The monoisotopic (exact) mass is 346 g/mol. The van der Waals surface area contributed by atoms with Crippen LogP contribution in [0.2, 0.25) is 0 Å². The Balaban J connectivity index is 2.10. The molecule has 0 aliphatic rings. The van der Waals surface area contributed by atoms with E-state index in [4.69, 9.17) is 4.74 Å². The van der Waals surface area contributed by atoms with Gasteiger partial charge >= 0.3 is 0 Å². The van der Waals surface area contributed by atoms with Crippen molar-refractivity contribution in [1.82, 2.24) is 5.32 Å². The number of amides is 2. The minimum atomic E-state index is -0.187. The van der Waals surface area contributed by atoms with Crippen LogP contribution in [0.1, 0.15) is 33.3 Å². The highest BCUT2D eigenvalue weighted by molar-refractivity contribution is 7.16. The lowest BCUT2D eigenvalue weighted by Crippen LogP contribution is -2.21. The van der Waals surface area contributed by atoms with E-state index in [-0.39, 0.29) is 18.2 Å². The highest BCUT2D eigenvalue weighted by Gasteiger charge is 2.20. The molecule has 1 heterocycles. The average Bonchev–Trinajstić information content (AvgIpc) is 2.83. The van der Waals surface area contributed by atoms with Crippen molar-refractivity contribution in [2.24, 2.45) is 0 Å². The van der Waals surface area contributed by atoms with Crippen LogP contribution in [-0.4, -0.2) is 25.5 Å². The Morgan fingerprint density at radius 2 is 1.83 bits per heavy atom. The number of hydrogen-bond donors (Lipinski definition) is 2. The van der Waals surface area contributed by atoms with E-state index in [1.165, 1.54) is 11.3 Å². The Morgan fingerprint density at radius 3 is 2.42 bits per heavy atom. The Hall–Kier alpha value is -2.34. The van der Waals surface area contributed by atoms with Gasteiger partial charge in [0.15, 0.2) is 0 Å². The Bertz CT molecular complexity index is 735. The molecule has 0 saturated carbocycles. The first-order valence-electron chi connectivity index (χ1n) is 7.79. The fourth-order valence-electron chi connectivity index (χ4n) is 2.34. The molecule has 2 amide bonds. The molecular formula is C18H22N2O3S. The molecule has 0 atom stereocenters. The van der Waals surface area contributed by atoms with Gasteiger partial charge in [-0.15, -0.1) is 11.3 Å². The number of ether oxygens (including phenoxy) is 1. The van der Waals surface area contributed by atoms with Gasteiger partial charge in [0, 0.05) is 11.9 Å². The number of rotatable bonds is 6. The summed E-state index contributed by atoms with van der Waals surface area (Å²) in [5.41, 5.74) is 2.33. The van der Waals surface area contributed by atoms with Crippen molar-refractivity contribution in [2.45, 2.75) is 27.2 Å². The number of nitrogens with one attached hydrogen (secondary N) is 2. The number of carbonyl (C=O) groups is 2. The van der Waals surface area contributed by atoms with Gasteiger partial charge in [-0.25, -0.2) is 0 Å². The van der Waals surface area contributed by atoms with Crippen molar-refractivity contribution in [1.29, 1.82) is 0 Å². The zero-order valence-corrected chi connectivity index (χ0v) is 15.2. The molecule has 0 bridgehead atoms. The molecule has 0 aliphatic carbocycles. The van der Waals surface area contributed by atoms with E-state index in [1.807, 2.05) is 45.0 Å². The van der Waals surface area contributed by atoms with Crippen LogP contribution < -0.4 is 15.4 Å². The second-order valence-electron chi connectivity index (χ2n) is 5.37. The van der Waals surface area contributed by atoms with Gasteiger partial charge < -0.3 is 15.4 Å². The molecule has 128 valence electrons. The maximum Gasteiger partial charge on any atom is 0.254 e. The first-order valence-corrected chi connectivity index (χ1v) is 8.61. The van der Waals surface area contributed by atoms with E-state index in [0.717, 1.165) is 21.8 Å². The van der Waals surface area contributed by atoms with Crippen molar-refractivity contribution >= 4 is 28.2 Å². The maximum atomic E-state index is 12.3. The van der Waals surface area contributed by atoms with Crippen molar-refractivity contribution in [3.8, 4) is 5.75 Å². The highest BCUT2D eigenvalue weighted by Crippen LogP contribution is 2.32. The zero-order chi connectivity index (χ0) is 17.7. The van der Waals surface area contributed by atoms with Crippen molar-refractivity contribution in [3.63, 3.8) is 0 Å². The lowest BCUT2D eigenvalue weighted by atomic mass is 10.1. The van der Waals surface area contributed by atoms with E-state index in [0.29, 0.717) is 17.2 Å². The van der Waals surface area contributed by atoms with Gasteiger partial charge in [0.25, 0.3) is 5.91 Å². The zero-order valence-electron chi connectivity index (χ0n) is 14.4. The SMILES string of the molecule is CCOc1ccc(CC(=O)Nc2sc(C)c(C)c2C(=O)NC)cc1. The molecule has 2 rings (SSSR count). The molecule has 24 heavy (non-hydrogen) atoms. The van der Waals surface area contributed by atoms with Crippen LogP contribution in [0.25, 0.3) is 0 Å². The molecule has 5 nitrogen and oxygen atoms in total. The Kier molecular flexibility index (Phi) is 5.98.